The third-order valence-corrected chi connectivity index (χ3v) is 2.97. The molecule has 0 heterocycles. The molecule has 24 heavy (non-hydrogen) atoms. The molecule has 0 aliphatic heterocycles. The molecule has 0 aromatic heterocycles. The first-order valence-corrected chi connectivity index (χ1v) is 8.31. The second kappa shape index (κ2) is 11.9. The third kappa shape index (κ3) is 6.65. The third-order valence-electron chi connectivity index (χ3n) is 2.97. The number of anilines is 1. The van der Waals surface area contributed by atoms with Gasteiger partial charge in [0.05, 0.1) is 0 Å². The van der Waals surface area contributed by atoms with Crippen LogP contribution < -0.4 is 10.6 Å². The molecule has 2 aromatic carbocycles. The average molecular weight is 331 g/mol. The highest BCUT2D eigenvalue weighted by atomic mass is 16.2. The molecule has 0 fully saturated rings. The van der Waals surface area contributed by atoms with Crippen LogP contribution in [-0.2, 0) is 0 Å². The van der Waals surface area contributed by atoms with Gasteiger partial charge >= 0.3 is 6.03 Å². The predicted octanol–water partition coefficient (Wildman–Crippen LogP) is 5.56. The molecule has 2 rings (SSSR count). The summed E-state index contributed by atoms with van der Waals surface area (Å²) < 4.78 is 0. The number of urea groups is 1. The Morgan fingerprint density at radius 3 is 1.79 bits per heavy atom. The molecule has 0 aliphatic rings. The summed E-state index contributed by atoms with van der Waals surface area (Å²) in [6.45, 7) is 11.7. The molecule has 4 nitrogen and oxygen atoms in total. The Labute approximate surface area is 146 Å². The SMILES string of the molecule is CC.CC.Cc1cccc(C)c1C(=O)NC(=O)Nc1ccccc1.[2HH]. The molecule has 0 aliphatic carbocycles. The average Bonchev–Trinajstić information content (AvgIpc) is 2.59. The first kappa shape index (κ1) is 21.4. The van der Waals surface area contributed by atoms with Gasteiger partial charge < -0.3 is 5.32 Å². The Balaban J connectivity index is 0. The highest BCUT2D eigenvalue weighted by Gasteiger charge is 2.14. The summed E-state index contributed by atoms with van der Waals surface area (Å²) in [5, 5.41) is 4.95. The van der Waals surface area contributed by atoms with E-state index in [9.17, 15) is 9.59 Å². The zero-order valence-electron chi connectivity index (χ0n) is 15.4. The number of carbonyl (C=O) groups excluding carboxylic acids is 2. The minimum Gasteiger partial charge on any atom is -0.308 e. The Bertz CT molecular complexity index is 623. The van der Waals surface area contributed by atoms with Gasteiger partial charge in [-0.3, -0.25) is 10.1 Å². The minimum absolute atomic E-state index is 0. The van der Waals surface area contributed by atoms with Gasteiger partial charge in [0.25, 0.3) is 5.91 Å². The van der Waals surface area contributed by atoms with E-state index < -0.39 is 11.9 Å². The van der Waals surface area contributed by atoms with Crippen molar-refractivity contribution in [3.05, 3.63) is 65.2 Å². The first-order chi connectivity index (χ1) is 11.6. The second-order valence-electron chi connectivity index (χ2n) is 4.54. The highest BCUT2D eigenvalue weighted by Crippen LogP contribution is 2.13. The number of nitrogens with one attached hydrogen (secondary N) is 2. The van der Waals surface area contributed by atoms with Crippen molar-refractivity contribution in [3.8, 4) is 0 Å². The molecular weight excluding hydrogens is 300 g/mol. The van der Waals surface area contributed by atoms with Crippen molar-refractivity contribution >= 4 is 17.6 Å². The largest absolute Gasteiger partial charge is 0.326 e. The number of rotatable bonds is 2. The van der Waals surface area contributed by atoms with E-state index in [0.29, 0.717) is 11.3 Å². The zero-order chi connectivity index (χ0) is 18.5. The van der Waals surface area contributed by atoms with E-state index in [4.69, 9.17) is 0 Å². The van der Waals surface area contributed by atoms with Gasteiger partial charge in [-0.1, -0.05) is 64.1 Å². The lowest BCUT2D eigenvalue weighted by atomic mass is 10.0. The van der Waals surface area contributed by atoms with Crippen LogP contribution in [-0.4, -0.2) is 11.9 Å². The van der Waals surface area contributed by atoms with Crippen molar-refractivity contribution in [2.75, 3.05) is 5.32 Å². The van der Waals surface area contributed by atoms with E-state index in [1.165, 1.54) is 0 Å². The summed E-state index contributed by atoms with van der Waals surface area (Å²) in [6.07, 6.45) is 0. The quantitative estimate of drug-likeness (QED) is 0.756. The fourth-order valence-corrected chi connectivity index (χ4v) is 2.02. The van der Waals surface area contributed by atoms with E-state index >= 15 is 0 Å². The van der Waals surface area contributed by atoms with Gasteiger partial charge in [-0.15, -0.1) is 0 Å². The minimum atomic E-state index is -0.538. The predicted molar refractivity (Wildman–Crippen MR) is 104 cm³/mol. The number of para-hydroxylation sites is 1. The number of aryl methyl sites for hydroxylation is 2. The fourth-order valence-electron chi connectivity index (χ4n) is 2.02. The molecule has 4 heteroatoms. The van der Waals surface area contributed by atoms with Crippen LogP contribution in [0.2, 0.25) is 0 Å². The Morgan fingerprint density at radius 1 is 0.792 bits per heavy atom. The van der Waals surface area contributed by atoms with E-state index in [-0.39, 0.29) is 1.43 Å². The first-order valence-electron chi connectivity index (χ1n) is 8.31. The van der Waals surface area contributed by atoms with Crippen LogP contribution in [0.15, 0.2) is 48.5 Å². The van der Waals surface area contributed by atoms with Crippen LogP contribution in [0, 0.1) is 13.8 Å². The molecule has 0 atom stereocenters. The smallest absolute Gasteiger partial charge is 0.308 e. The van der Waals surface area contributed by atoms with Crippen LogP contribution in [0.3, 0.4) is 0 Å². The van der Waals surface area contributed by atoms with Crippen LogP contribution in [0.25, 0.3) is 0 Å². The van der Waals surface area contributed by atoms with Crippen molar-refractivity contribution in [1.82, 2.24) is 5.32 Å². The molecule has 0 saturated heterocycles. The number of amides is 3. The van der Waals surface area contributed by atoms with Crippen LogP contribution in [0.1, 0.15) is 50.6 Å². The Kier molecular flexibility index (Phi) is 10.6. The van der Waals surface area contributed by atoms with Crippen LogP contribution >= 0.6 is 0 Å². The summed E-state index contributed by atoms with van der Waals surface area (Å²) in [4.78, 5) is 23.9. The maximum atomic E-state index is 12.1. The van der Waals surface area contributed by atoms with Gasteiger partial charge in [-0.25, -0.2) is 4.79 Å². The van der Waals surface area contributed by atoms with Gasteiger partial charge in [0, 0.05) is 12.7 Å². The molecule has 3 amide bonds. The second-order valence-corrected chi connectivity index (χ2v) is 4.54. The highest BCUT2D eigenvalue weighted by molar-refractivity contribution is 6.09. The topological polar surface area (TPSA) is 58.2 Å². The molecule has 0 saturated carbocycles. The molecule has 0 spiro atoms. The van der Waals surface area contributed by atoms with Crippen molar-refractivity contribution in [3.63, 3.8) is 0 Å². The van der Waals surface area contributed by atoms with Crippen LogP contribution in [0.5, 0.6) is 0 Å². The number of hydrogen-bond acceptors (Lipinski definition) is 2. The molecule has 132 valence electrons. The molecular formula is C20H30N2O2. The maximum Gasteiger partial charge on any atom is 0.326 e. The van der Waals surface area contributed by atoms with Gasteiger partial charge in [0.1, 0.15) is 0 Å². The van der Waals surface area contributed by atoms with Crippen LogP contribution in [0.4, 0.5) is 10.5 Å². The summed E-state index contributed by atoms with van der Waals surface area (Å²) in [5.74, 6) is -0.394. The fraction of sp³-hybridized carbons (Fsp3) is 0.300. The molecule has 0 bridgehead atoms. The maximum absolute atomic E-state index is 12.1. The Hall–Kier alpha value is -2.62. The van der Waals surface area contributed by atoms with Gasteiger partial charge in [-0.2, -0.15) is 0 Å². The number of benzene rings is 2. The zero-order valence-corrected chi connectivity index (χ0v) is 15.4. The van der Waals surface area contributed by atoms with Crippen molar-refractivity contribution in [2.45, 2.75) is 41.5 Å². The Morgan fingerprint density at radius 2 is 1.29 bits per heavy atom. The number of imide groups is 1. The molecule has 0 unspecified atom stereocenters. The molecule has 2 aromatic rings. The van der Waals surface area contributed by atoms with Crippen molar-refractivity contribution in [1.29, 1.82) is 0 Å². The summed E-state index contributed by atoms with van der Waals surface area (Å²) >= 11 is 0. The molecule has 2 N–H and O–H groups in total. The van der Waals surface area contributed by atoms with Crippen molar-refractivity contribution < 1.29 is 11.0 Å². The standard InChI is InChI=1S/C16H16N2O2.2C2H6.H2/c1-11-7-6-8-12(2)14(11)15(19)18-16(20)17-13-9-4-3-5-10-13;2*1-2;/h3-10H,1-2H3,(H2,17,18,19,20);2*1-2H3;1H/i;;;1+1. The number of carbonyl (C=O) groups is 2. The van der Waals surface area contributed by atoms with Gasteiger partial charge in [0.2, 0.25) is 0 Å². The summed E-state index contributed by atoms with van der Waals surface area (Å²) in [6, 6.07) is 14.0. The van der Waals surface area contributed by atoms with Gasteiger partial charge in [0.15, 0.2) is 0 Å². The lowest BCUT2D eigenvalue weighted by Gasteiger charge is -2.10. The van der Waals surface area contributed by atoms with E-state index in [1.807, 2.05) is 77.9 Å². The lowest BCUT2D eigenvalue weighted by molar-refractivity contribution is 0.0966. The number of hydrogen-bond donors (Lipinski definition) is 2. The van der Waals surface area contributed by atoms with Gasteiger partial charge in [-0.05, 0) is 37.1 Å². The molecule has 0 radical (unpaired) electrons. The van der Waals surface area contributed by atoms with E-state index in [2.05, 4.69) is 10.6 Å². The lowest BCUT2D eigenvalue weighted by Crippen LogP contribution is -2.35. The van der Waals surface area contributed by atoms with E-state index in [1.54, 1.807) is 12.1 Å². The monoisotopic (exact) mass is 331 g/mol. The summed E-state index contributed by atoms with van der Waals surface area (Å²) in [5.41, 5.74) is 2.86. The summed E-state index contributed by atoms with van der Waals surface area (Å²) in [7, 11) is 0. The van der Waals surface area contributed by atoms with E-state index in [0.717, 1.165) is 11.1 Å². The van der Waals surface area contributed by atoms with Crippen molar-refractivity contribution in [2.24, 2.45) is 0 Å². The normalized spacial score (nSPS) is 8.75.